The zero-order valence-corrected chi connectivity index (χ0v) is 14.5. The Hall–Kier alpha value is -0.470. The summed E-state index contributed by atoms with van der Waals surface area (Å²) in [4.78, 5) is 4.21. The molecule has 0 bridgehead atoms. The molecule has 0 atom stereocenters. The van der Waals surface area contributed by atoms with Crippen molar-refractivity contribution in [1.29, 1.82) is 0 Å². The van der Waals surface area contributed by atoms with E-state index in [4.69, 9.17) is 0 Å². The van der Waals surface area contributed by atoms with Crippen molar-refractivity contribution in [3.63, 3.8) is 0 Å². The smallest absolute Gasteiger partial charge is 0.00210 e. The SMILES string of the molecule is Cc1cc(P(c2csc(C)c2)c2csc(C)c2)cs1. The molecule has 0 fully saturated rings. The highest BCUT2D eigenvalue weighted by atomic mass is 32.1. The van der Waals surface area contributed by atoms with Gasteiger partial charge in [0.15, 0.2) is 0 Å². The van der Waals surface area contributed by atoms with Crippen LogP contribution in [0.4, 0.5) is 0 Å². The van der Waals surface area contributed by atoms with Crippen LogP contribution in [0.5, 0.6) is 0 Å². The fraction of sp³-hybridized carbons (Fsp3) is 0.200. The van der Waals surface area contributed by atoms with Crippen LogP contribution < -0.4 is 15.9 Å². The maximum atomic E-state index is 2.36. The zero-order chi connectivity index (χ0) is 13.4. The van der Waals surface area contributed by atoms with E-state index < -0.39 is 0 Å². The Morgan fingerprint density at radius 1 is 0.632 bits per heavy atom. The van der Waals surface area contributed by atoms with E-state index >= 15 is 0 Å². The molecule has 3 rings (SSSR count). The van der Waals surface area contributed by atoms with E-state index in [1.165, 1.54) is 30.5 Å². The monoisotopic (exact) mass is 322 g/mol. The molecule has 0 amide bonds. The summed E-state index contributed by atoms with van der Waals surface area (Å²) in [6.45, 7) is 6.58. The topological polar surface area (TPSA) is 0 Å². The summed E-state index contributed by atoms with van der Waals surface area (Å²) in [5, 5.41) is 11.5. The van der Waals surface area contributed by atoms with Gasteiger partial charge in [0.25, 0.3) is 0 Å². The van der Waals surface area contributed by atoms with E-state index in [0.717, 1.165) is 0 Å². The summed E-state index contributed by atoms with van der Waals surface area (Å²) in [6.07, 6.45) is 0. The summed E-state index contributed by atoms with van der Waals surface area (Å²) in [5.74, 6) is 0. The van der Waals surface area contributed by atoms with Crippen LogP contribution in [0.3, 0.4) is 0 Å². The molecule has 19 heavy (non-hydrogen) atoms. The molecule has 0 aliphatic rings. The van der Waals surface area contributed by atoms with Gasteiger partial charge in [-0.15, -0.1) is 34.0 Å². The van der Waals surface area contributed by atoms with Crippen molar-refractivity contribution in [2.24, 2.45) is 0 Å². The summed E-state index contributed by atoms with van der Waals surface area (Å²) < 4.78 is 0. The molecule has 0 nitrogen and oxygen atoms in total. The number of thiophene rings is 3. The summed E-state index contributed by atoms with van der Waals surface area (Å²) in [7, 11) is -0.352. The molecule has 3 aromatic rings. The van der Waals surface area contributed by atoms with Crippen LogP contribution in [-0.4, -0.2) is 0 Å². The van der Waals surface area contributed by atoms with Crippen LogP contribution in [0.15, 0.2) is 34.3 Å². The van der Waals surface area contributed by atoms with E-state index in [-0.39, 0.29) is 7.92 Å². The molecule has 0 aliphatic carbocycles. The van der Waals surface area contributed by atoms with Crippen LogP contribution in [0.1, 0.15) is 14.6 Å². The van der Waals surface area contributed by atoms with Gasteiger partial charge in [-0.2, -0.15) is 0 Å². The molecule has 0 aliphatic heterocycles. The van der Waals surface area contributed by atoms with E-state index in [0.29, 0.717) is 0 Å². The van der Waals surface area contributed by atoms with Crippen LogP contribution in [0, 0.1) is 20.8 Å². The molecule has 0 saturated carbocycles. The third kappa shape index (κ3) is 2.85. The van der Waals surface area contributed by atoms with E-state index in [2.05, 4.69) is 55.1 Å². The largest absolute Gasteiger partial charge is 0.149 e. The van der Waals surface area contributed by atoms with Gasteiger partial charge in [-0.1, -0.05) is 0 Å². The van der Waals surface area contributed by atoms with Crippen LogP contribution in [0.25, 0.3) is 0 Å². The number of hydrogen-bond acceptors (Lipinski definition) is 3. The van der Waals surface area contributed by atoms with Crippen LogP contribution in [0.2, 0.25) is 0 Å². The molecule has 98 valence electrons. The Bertz CT molecular complexity index is 594. The minimum absolute atomic E-state index is 0.352. The second-order valence-electron chi connectivity index (χ2n) is 4.58. The molecule has 0 saturated heterocycles. The third-order valence-corrected chi connectivity index (χ3v) is 8.36. The Balaban J connectivity index is 2.10. The quantitative estimate of drug-likeness (QED) is 0.620. The Morgan fingerprint density at radius 3 is 1.16 bits per heavy atom. The number of aryl methyl sites for hydroxylation is 3. The molecule has 4 heteroatoms. The first kappa shape index (κ1) is 13.5. The standard InChI is InChI=1S/C15H15PS3/c1-10-4-13(7-17-10)16(14-5-11(2)18-8-14)15-6-12(3)19-9-15/h4-9H,1-3H3. The van der Waals surface area contributed by atoms with Gasteiger partial charge in [0, 0.05) is 14.6 Å². The Morgan fingerprint density at radius 2 is 0.947 bits per heavy atom. The highest BCUT2D eigenvalue weighted by Crippen LogP contribution is 2.37. The van der Waals surface area contributed by atoms with Gasteiger partial charge in [0.1, 0.15) is 0 Å². The fourth-order valence-electron chi connectivity index (χ4n) is 2.09. The molecule has 3 aromatic heterocycles. The average molecular weight is 322 g/mol. The first-order chi connectivity index (χ1) is 9.13. The average Bonchev–Trinajstić information content (AvgIpc) is 3.05. The minimum Gasteiger partial charge on any atom is -0.149 e. The van der Waals surface area contributed by atoms with Crippen LogP contribution >= 0.6 is 41.9 Å². The van der Waals surface area contributed by atoms with Crippen LogP contribution in [-0.2, 0) is 0 Å². The van der Waals surface area contributed by atoms with Crippen molar-refractivity contribution < 1.29 is 0 Å². The summed E-state index contributed by atoms with van der Waals surface area (Å²) in [5.41, 5.74) is 0. The van der Waals surface area contributed by atoms with Crippen molar-refractivity contribution in [2.45, 2.75) is 20.8 Å². The third-order valence-electron chi connectivity index (χ3n) is 2.92. The van der Waals surface area contributed by atoms with Crippen molar-refractivity contribution in [1.82, 2.24) is 0 Å². The first-order valence-corrected chi connectivity index (χ1v) is 10.1. The highest BCUT2D eigenvalue weighted by molar-refractivity contribution is 7.80. The maximum absolute atomic E-state index is 2.36. The normalized spacial score (nSPS) is 11.4. The summed E-state index contributed by atoms with van der Waals surface area (Å²) in [6, 6.07) is 7.07. The van der Waals surface area contributed by atoms with Gasteiger partial charge >= 0.3 is 0 Å². The van der Waals surface area contributed by atoms with Crippen molar-refractivity contribution in [2.75, 3.05) is 0 Å². The lowest BCUT2D eigenvalue weighted by Gasteiger charge is -2.13. The van der Waals surface area contributed by atoms with E-state index in [1.54, 1.807) is 0 Å². The summed E-state index contributed by atoms with van der Waals surface area (Å²) >= 11 is 5.58. The molecule has 0 N–H and O–H groups in total. The van der Waals surface area contributed by atoms with Gasteiger partial charge in [0.2, 0.25) is 0 Å². The number of hydrogen-bond donors (Lipinski definition) is 0. The minimum atomic E-state index is -0.352. The van der Waals surface area contributed by atoms with Gasteiger partial charge in [0.05, 0.1) is 0 Å². The molecular formula is C15H15PS3. The van der Waals surface area contributed by atoms with E-state index in [9.17, 15) is 0 Å². The van der Waals surface area contributed by atoms with Gasteiger partial charge in [-0.25, -0.2) is 0 Å². The molecule has 0 radical (unpaired) electrons. The molecular weight excluding hydrogens is 307 g/mol. The maximum Gasteiger partial charge on any atom is 0.00210 e. The van der Waals surface area contributed by atoms with Crippen molar-refractivity contribution >= 4 is 57.8 Å². The second kappa shape index (κ2) is 5.49. The van der Waals surface area contributed by atoms with Gasteiger partial charge in [-0.3, -0.25) is 0 Å². The second-order valence-corrected chi connectivity index (χ2v) is 10.1. The van der Waals surface area contributed by atoms with E-state index in [1.807, 2.05) is 34.0 Å². The van der Waals surface area contributed by atoms with Crippen molar-refractivity contribution in [3.8, 4) is 0 Å². The highest BCUT2D eigenvalue weighted by Gasteiger charge is 2.19. The predicted molar refractivity (Wildman–Crippen MR) is 93.0 cm³/mol. The van der Waals surface area contributed by atoms with Gasteiger partial charge in [-0.05, 0) is 78.9 Å². The Kier molecular flexibility index (Phi) is 3.91. The zero-order valence-electron chi connectivity index (χ0n) is 11.1. The Labute approximate surface area is 127 Å². The fourth-order valence-corrected chi connectivity index (χ4v) is 7.66. The molecule has 3 heterocycles. The number of rotatable bonds is 3. The molecule has 0 unspecified atom stereocenters. The van der Waals surface area contributed by atoms with Gasteiger partial charge < -0.3 is 0 Å². The lowest BCUT2D eigenvalue weighted by Crippen LogP contribution is -2.17. The predicted octanol–water partition coefficient (Wildman–Crippen LogP) is 4.55. The lowest BCUT2D eigenvalue weighted by molar-refractivity contribution is 1.65. The lowest BCUT2D eigenvalue weighted by atomic mass is 10.5. The molecule has 0 aromatic carbocycles. The molecule has 0 spiro atoms. The first-order valence-electron chi connectivity index (χ1n) is 6.09. The van der Waals surface area contributed by atoms with Crippen molar-refractivity contribution in [3.05, 3.63) is 49.0 Å².